The zero-order valence-electron chi connectivity index (χ0n) is 13.0. The smallest absolute Gasteiger partial charge is 0.254 e. The molecule has 1 fully saturated rings. The minimum absolute atomic E-state index is 0.0872. The van der Waals surface area contributed by atoms with Gasteiger partial charge in [0.25, 0.3) is 5.91 Å². The van der Waals surface area contributed by atoms with Crippen molar-refractivity contribution in [1.82, 2.24) is 14.9 Å². The number of carbonyl (C=O) groups is 1. The Kier molecular flexibility index (Phi) is 4.41. The molecule has 0 saturated carbocycles. The number of nitrogens with one attached hydrogen (secondary N) is 1. The number of hydrogen-bond acceptors (Lipinski definition) is 4. The second-order valence-corrected chi connectivity index (χ2v) is 5.71. The fraction of sp³-hybridized carbons (Fsp3) is 0.353. The summed E-state index contributed by atoms with van der Waals surface area (Å²) in [5.41, 5.74) is 0.886. The molecular weight excluding hydrogens is 294 g/mol. The molecule has 2 aromatic rings. The molecule has 1 saturated heterocycles. The summed E-state index contributed by atoms with van der Waals surface area (Å²) in [6, 6.07) is 6.78. The van der Waals surface area contributed by atoms with Gasteiger partial charge in [0.2, 0.25) is 5.56 Å². The van der Waals surface area contributed by atoms with Crippen molar-refractivity contribution in [2.75, 3.05) is 13.1 Å². The molecular formula is C17H19N3O3. The molecule has 3 rings (SSSR count). The van der Waals surface area contributed by atoms with E-state index in [1.807, 2.05) is 12.1 Å². The second kappa shape index (κ2) is 6.64. The highest BCUT2D eigenvalue weighted by Crippen LogP contribution is 2.19. The molecule has 0 bridgehead atoms. The third-order valence-corrected chi connectivity index (χ3v) is 3.89. The lowest BCUT2D eigenvalue weighted by molar-refractivity contribution is 0.0594. The van der Waals surface area contributed by atoms with Crippen LogP contribution in [0.3, 0.4) is 0 Å². The standard InChI is InChI=1S/C17H19N3O3/c1-12-9-13(10-16(21)19-12)17(22)20-7-4-14(5-8-20)23-15-3-2-6-18-11-15/h2-3,6,9-11,14H,4-5,7-8H2,1H3,(H,19,21). The van der Waals surface area contributed by atoms with Crippen LogP contribution in [0.4, 0.5) is 0 Å². The number of H-pyrrole nitrogens is 1. The van der Waals surface area contributed by atoms with Crippen molar-refractivity contribution < 1.29 is 9.53 Å². The molecule has 0 atom stereocenters. The number of pyridine rings is 2. The van der Waals surface area contributed by atoms with Gasteiger partial charge in [-0.2, -0.15) is 0 Å². The lowest BCUT2D eigenvalue weighted by Crippen LogP contribution is -2.42. The van der Waals surface area contributed by atoms with Crippen molar-refractivity contribution in [3.63, 3.8) is 0 Å². The lowest BCUT2D eigenvalue weighted by Gasteiger charge is -2.32. The fourth-order valence-corrected chi connectivity index (χ4v) is 2.77. The Labute approximate surface area is 134 Å². The first kappa shape index (κ1) is 15.3. The van der Waals surface area contributed by atoms with Gasteiger partial charge in [-0.05, 0) is 25.1 Å². The number of aromatic nitrogens is 2. The van der Waals surface area contributed by atoms with E-state index in [4.69, 9.17) is 4.74 Å². The quantitative estimate of drug-likeness (QED) is 0.937. The van der Waals surface area contributed by atoms with Crippen LogP contribution in [0.25, 0.3) is 0 Å². The van der Waals surface area contributed by atoms with Crippen LogP contribution in [-0.2, 0) is 0 Å². The minimum Gasteiger partial charge on any atom is -0.489 e. The van der Waals surface area contributed by atoms with E-state index < -0.39 is 0 Å². The number of hydrogen-bond donors (Lipinski definition) is 1. The minimum atomic E-state index is -0.247. The summed E-state index contributed by atoms with van der Waals surface area (Å²) in [6.45, 7) is 3.01. The molecule has 6 heteroatoms. The number of piperidine rings is 1. The predicted octanol–water partition coefficient (Wildman–Crippen LogP) is 1.76. The Balaban J connectivity index is 1.60. The van der Waals surface area contributed by atoms with Crippen molar-refractivity contribution >= 4 is 5.91 Å². The van der Waals surface area contributed by atoms with Crippen LogP contribution in [-0.4, -0.2) is 40.0 Å². The molecule has 0 radical (unpaired) electrons. The maximum Gasteiger partial charge on any atom is 0.254 e. The van der Waals surface area contributed by atoms with Crippen LogP contribution in [0.1, 0.15) is 28.9 Å². The van der Waals surface area contributed by atoms with Gasteiger partial charge in [-0.1, -0.05) is 0 Å². The summed E-state index contributed by atoms with van der Waals surface area (Å²) in [5.74, 6) is 0.654. The van der Waals surface area contributed by atoms with E-state index >= 15 is 0 Å². The zero-order chi connectivity index (χ0) is 16.2. The molecule has 23 heavy (non-hydrogen) atoms. The Hall–Kier alpha value is -2.63. The van der Waals surface area contributed by atoms with Gasteiger partial charge >= 0.3 is 0 Å². The van der Waals surface area contributed by atoms with Gasteiger partial charge in [-0.25, -0.2) is 0 Å². The summed E-state index contributed by atoms with van der Waals surface area (Å²) >= 11 is 0. The van der Waals surface area contributed by atoms with Crippen molar-refractivity contribution in [3.8, 4) is 5.75 Å². The Morgan fingerprint density at radius 1 is 1.35 bits per heavy atom. The van der Waals surface area contributed by atoms with Crippen LogP contribution >= 0.6 is 0 Å². The van der Waals surface area contributed by atoms with Crippen molar-refractivity contribution in [2.45, 2.75) is 25.9 Å². The average molecular weight is 313 g/mol. The summed E-state index contributed by atoms with van der Waals surface area (Å²) < 4.78 is 5.87. The van der Waals surface area contributed by atoms with Crippen molar-refractivity contribution in [2.24, 2.45) is 0 Å². The van der Waals surface area contributed by atoms with Gasteiger partial charge < -0.3 is 14.6 Å². The highest BCUT2D eigenvalue weighted by molar-refractivity contribution is 5.94. The molecule has 1 N–H and O–H groups in total. The number of aryl methyl sites for hydroxylation is 1. The fourth-order valence-electron chi connectivity index (χ4n) is 2.77. The van der Waals surface area contributed by atoms with Crippen molar-refractivity contribution in [3.05, 3.63) is 58.3 Å². The van der Waals surface area contributed by atoms with Crippen LogP contribution in [0.2, 0.25) is 0 Å². The zero-order valence-corrected chi connectivity index (χ0v) is 13.0. The Bertz CT molecular complexity index is 734. The van der Waals surface area contributed by atoms with Crippen molar-refractivity contribution in [1.29, 1.82) is 0 Å². The largest absolute Gasteiger partial charge is 0.489 e. The van der Waals surface area contributed by atoms with Gasteiger partial charge in [0.15, 0.2) is 0 Å². The lowest BCUT2D eigenvalue weighted by atomic mass is 10.1. The van der Waals surface area contributed by atoms with Gasteiger partial charge in [-0.15, -0.1) is 0 Å². The Morgan fingerprint density at radius 2 is 2.13 bits per heavy atom. The SMILES string of the molecule is Cc1cc(C(=O)N2CCC(Oc3cccnc3)CC2)cc(=O)[nH]1. The van der Waals surface area contributed by atoms with Crippen LogP contribution in [0.15, 0.2) is 41.5 Å². The van der Waals surface area contributed by atoms with Gasteiger partial charge in [0.05, 0.1) is 6.20 Å². The second-order valence-electron chi connectivity index (χ2n) is 5.71. The van der Waals surface area contributed by atoms with E-state index in [1.165, 1.54) is 6.07 Å². The normalized spacial score (nSPS) is 15.4. The van der Waals surface area contributed by atoms with E-state index in [0.717, 1.165) is 18.6 Å². The monoisotopic (exact) mass is 313 g/mol. The molecule has 0 spiro atoms. The number of nitrogens with zero attached hydrogens (tertiary/aromatic N) is 2. The highest BCUT2D eigenvalue weighted by atomic mass is 16.5. The number of rotatable bonds is 3. The molecule has 0 aromatic carbocycles. The molecule has 3 heterocycles. The number of ether oxygens (including phenoxy) is 1. The molecule has 120 valence electrons. The third-order valence-electron chi connectivity index (χ3n) is 3.89. The van der Waals surface area contributed by atoms with E-state index in [1.54, 1.807) is 30.3 Å². The molecule has 0 unspecified atom stereocenters. The van der Waals surface area contributed by atoms with Gasteiger partial charge in [-0.3, -0.25) is 14.6 Å². The molecule has 0 aliphatic carbocycles. The summed E-state index contributed by atoms with van der Waals surface area (Å²) in [4.78, 5) is 32.4. The molecule has 2 aromatic heterocycles. The molecule has 1 aliphatic rings. The van der Waals surface area contributed by atoms with Crippen LogP contribution in [0.5, 0.6) is 5.75 Å². The molecule has 1 aliphatic heterocycles. The number of aromatic amines is 1. The maximum absolute atomic E-state index is 12.5. The first-order valence-corrected chi connectivity index (χ1v) is 7.69. The molecule has 1 amide bonds. The maximum atomic E-state index is 12.5. The van der Waals surface area contributed by atoms with Gasteiger partial charge in [0, 0.05) is 49.5 Å². The first-order chi connectivity index (χ1) is 11.1. The average Bonchev–Trinajstić information content (AvgIpc) is 2.55. The van der Waals surface area contributed by atoms with Gasteiger partial charge in [0.1, 0.15) is 11.9 Å². The summed E-state index contributed by atoms with van der Waals surface area (Å²) in [7, 11) is 0. The van der Waals surface area contributed by atoms with Crippen LogP contribution in [0, 0.1) is 6.92 Å². The van der Waals surface area contributed by atoms with Crippen LogP contribution < -0.4 is 10.3 Å². The first-order valence-electron chi connectivity index (χ1n) is 7.69. The Morgan fingerprint density at radius 3 is 2.78 bits per heavy atom. The highest BCUT2D eigenvalue weighted by Gasteiger charge is 2.25. The number of likely N-dealkylation sites (tertiary alicyclic amines) is 1. The van der Waals surface area contributed by atoms with E-state index in [-0.39, 0.29) is 17.6 Å². The number of amides is 1. The topological polar surface area (TPSA) is 75.3 Å². The van der Waals surface area contributed by atoms with E-state index in [2.05, 4.69) is 9.97 Å². The predicted molar refractivity (Wildman–Crippen MR) is 85.6 cm³/mol. The number of carbonyl (C=O) groups excluding carboxylic acids is 1. The summed E-state index contributed by atoms with van der Waals surface area (Å²) in [5, 5.41) is 0. The summed E-state index contributed by atoms with van der Waals surface area (Å²) in [6.07, 6.45) is 5.02. The van der Waals surface area contributed by atoms with E-state index in [0.29, 0.717) is 24.3 Å². The van der Waals surface area contributed by atoms with E-state index in [9.17, 15) is 9.59 Å². The third kappa shape index (κ3) is 3.77. The molecule has 6 nitrogen and oxygen atoms in total.